The minimum atomic E-state index is 0. The van der Waals surface area contributed by atoms with Crippen LogP contribution in [0.3, 0.4) is 0 Å². The molecule has 0 saturated heterocycles. The van der Waals surface area contributed by atoms with Gasteiger partial charge in [0.25, 0.3) is 0 Å². The van der Waals surface area contributed by atoms with Crippen molar-refractivity contribution in [2.45, 2.75) is 38.5 Å². The van der Waals surface area contributed by atoms with Crippen molar-refractivity contribution in [3.8, 4) is 0 Å². The normalized spacial score (nSPS) is 16.4. The lowest BCUT2D eigenvalue weighted by Crippen LogP contribution is -2.39. The van der Waals surface area contributed by atoms with E-state index in [0.29, 0.717) is 6.61 Å². The van der Waals surface area contributed by atoms with E-state index in [1.54, 1.807) is 14.2 Å². The van der Waals surface area contributed by atoms with Gasteiger partial charge in [0.15, 0.2) is 5.96 Å². The fourth-order valence-electron chi connectivity index (χ4n) is 2.39. The molecule has 0 aliphatic heterocycles. The standard InChI is InChI=1S/C13H27N3O.HI/c1-14-13(16-10-11-17-2)15-9-5-8-12-6-3-4-7-12;/h12H,3-11H2,1-2H3,(H2,14,15,16);1H. The van der Waals surface area contributed by atoms with Gasteiger partial charge >= 0.3 is 0 Å². The number of aliphatic imine (C=N–C) groups is 1. The zero-order valence-electron chi connectivity index (χ0n) is 11.7. The number of nitrogens with zero attached hydrogens (tertiary/aromatic N) is 1. The van der Waals surface area contributed by atoms with Crippen LogP contribution in [0.2, 0.25) is 0 Å². The average molecular weight is 369 g/mol. The first-order valence-corrected chi connectivity index (χ1v) is 6.80. The summed E-state index contributed by atoms with van der Waals surface area (Å²) in [5.74, 6) is 1.87. The Morgan fingerprint density at radius 3 is 2.50 bits per heavy atom. The molecular formula is C13H28IN3O. The van der Waals surface area contributed by atoms with E-state index in [4.69, 9.17) is 4.74 Å². The maximum atomic E-state index is 4.98. The van der Waals surface area contributed by atoms with E-state index in [1.165, 1.54) is 38.5 Å². The molecule has 0 aromatic carbocycles. The van der Waals surface area contributed by atoms with Crippen LogP contribution < -0.4 is 10.6 Å². The summed E-state index contributed by atoms with van der Waals surface area (Å²) >= 11 is 0. The molecule has 2 N–H and O–H groups in total. The van der Waals surface area contributed by atoms with Crippen LogP contribution in [0.25, 0.3) is 0 Å². The molecular weight excluding hydrogens is 341 g/mol. The second-order valence-corrected chi connectivity index (χ2v) is 4.71. The molecule has 0 radical (unpaired) electrons. The fourth-order valence-corrected chi connectivity index (χ4v) is 2.39. The third-order valence-electron chi connectivity index (χ3n) is 3.38. The topological polar surface area (TPSA) is 45.7 Å². The predicted molar refractivity (Wildman–Crippen MR) is 87.8 cm³/mol. The second-order valence-electron chi connectivity index (χ2n) is 4.71. The van der Waals surface area contributed by atoms with E-state index in [0.717, 1.165) is 25.0 Å². The van der Waals surface area contributed by atoms with Gasteiger partial charge in [0.2, 0.25) is 0 Å². The number of halogens is 1. The lowest BCUT2D eigenvalue weighted by atomic mass is 10.0. The summed E-state index contributed by atoms with van der Waals surface area (Å²) < 4.78 is 4.98. The van der Waals surface area contributed by atoms with Crippen molar-refractivity contribution in [1.29, 1.82) is 0 Å². The summed E-state index contributed by atoms with van der Waals surface area (Å²) in [6.07, 6.45) is 8.38. The van der Waals surface area contributed by atoms with E-state index in [2.05, 4.69) is 15.6 Å². The highest BCUT2D eigenvalue weighted by Gasteiger charge is 2.13. The van der Waals surface area contributed by atoms with Crippen molar-refractivity contribution in [3.63, 3.8) is 0 Å². The van der Waals surface area contributed by atoms with Gasteiger partial charge in [-0.3, -0.25) is 4.99 Å². The molecule has 0 spiro atoms. The second kappa shape index (κ2) is 12.0. The van der Waals surface area contributed by atoms with Crippen molar-refractivity contribution < 1.29 is 4.74 Å². The molecule has 5 heteroatoms. The van der Waals surface area contributed by atoms with Crippen molar-refractivity contribution in [2.75, 3.05) is 33.9 Å². The van der Waals surface area contributed by atoms with Crippen LogP contribution in [-0.4, -0.2) is 39.8 Å². The van der Waals surface area contributed by atoms with E-state index >= 15 is 0 Å². The van der Waals surface area contributed by atoms with E-state index < -0.39 is 0 Å². The van der Waals surface area contributed by atoms with Gasteiger partial charge in [-0.25, -0.2) is 0 Å². The van der Waals surface area contributed by atoms with Crippen LogP contribution in [0, 0.1) is 5.92 Å². The molecule has 0 atom stereocenters. The first kappa shape index (κ1) is 18.0. The monoisotopic (exact) mass is 369 g/mol. The van der Waals surface area contributed by atoms with Gasteiger partial charge in [0.05, 0.1) is 6.61 Å². The molecule has 0 aromatic heterocycles. The van der Waals surface area contributed by atoms with Crippen molar-refractivity contribution in [2.24, 2.45) is 10.9 Å². The van der Waals surface area contributed by atoms with Crippen LogP contribution in [0.5, 0.6) is 0 Å². The van der Waals surface area contributed by atoms with Crippen LogP contribution in [0.1, 0.15) is 38.5 Å². The van der Waals surface area contributed by atoms with E-state index in [9.17, 15) is 0 Å². The fraction of sp³-hybridized carbons (Fsp3) is 0.923. The summed E-state index contributed by atoms with van der Waals surface area (Å²) in [5, 5.41) is 6.55. The number of guanidine groups is 1. The minimum Gasteiger partial charge on any atom is -0.383 e. The summed E-state index contributed by atoms with van der Waals surface area (Å²) in [7, 11) is 3.51. The van der Waals surface area contributed by atoms with E-state index in [1.807, 2.05) is 0 Å². The Bertz CT molecular complexity index is 218. The molecule has 1 aliphatic carbocycles. The highest BCUT2D eigenvalue weighted by atomic mass is 127. The summed E-state index contributed by atoms with van der Waals surface area (Å²) in [6, 6.07) is 0. The Balaban J connectivity index is 0.00000289. The molecule has 1 rings (SSSR count). The molecule has 1 fully saturated rings. The highest BCUT2D eigenvalue weighted by molar-refractivity contribution is 14.0. The summed E-state index contributed by atoms with van der Waals surface area (Å²) in [5.41, 5.74) is 0. The Morgan fingerprint density at radius 1 is 1.22 bits per heavy atom. The number of methoxy groups -OCH3 is 1. The SMILES string of the molecule is CN=C(NCCCC1CCCC1)NCCOC.I. The first-order chi connectivity index (χ1) is 8.36. The summed E-state index contributed by atoms with van der Waals surface area (Å²) in [4.78, 5) is 4.17. The molecule has 18 heavy (non-hydrogen) atoms. The van der Waals surface area contributed by atoms with Crippen molar-refractivity contribution >= 4 is 29.9 Å². The number of nitrogens with one attached hydrogen (secondary N) is 2. The third kappa shape index (κ3) is 8.13. The average Bonchev–Trinajstić information content (AvgIpc) is 2.85. The molecule has 0 unspecified atom stereocenters. The first-order valence-electron chi connectivity index (χ1n) is 6.80. The Labute approximate surface area is 128 Å². The van der Waals surface area contributed by atoms with Crippen LogP contribution in [0.15, 0.2) is 4.99 Å². The third-order valence-corrected chi connectivity index (χ3v) is 3.38. The van der Waals surface area contributed by atoms with Gasteiger partial charge < -0.3 is 15.4 Å². The zero-order chi connectivity index (χ0) is 12.3. The Morgan fingerprint density at radius 2 is 1.89 bits per heavy atom. The predicted octanol–water partition coefficient (Wildman–Crippen LogP) is 2.39. The lowest BCUT2D eigenvalue weighted by molar-refractivity contribution is 0.203. The number of hydrogen-bond donors (Lipinski definition) is 2. The summed E-state index contributed by atoms with van der Waals surface area (Å²) in [6.45, 7) is 2.53. The molecule has 0 heterocycles. The quantitative estimate of drug-likeness (QED) is 0.314. The highest BCUT2D eigenvalue weighted by Crippen LogP contribution is 2.28. The maximum Gasteiger partial charge on any atom is 0.191 e. The molecule has 1 aliphatic rings. The van der Waals surface area contributed by atoms with Gasteiger partial charge in [0, 0.05) is 27.2 Å². The van der Waals surface area contributed by atoms with Crippen LogP contribution in [0.4, 0.5) is 0 Å². The van der Waals surface area contributed by atoms with Crippen LogP contribution >= 0.6 is 24.0 Å². The van der Waals surface area contributed by atoms with Crippen molar-refractivity contribution in [1.82, 2.24) is 10.6 Å². The number of ether oxygens (including phenoxy) is 1. The molecule has 108 valence electrons. The molecule has 0 bridgehead atoms. The Kier molecular flexibility index (Phi) is 12.0. The molecule has 0 aromatic rings. The molecule has 4 nitrogen and oxygen atoms in total. The molecule has 0 amide bonds. The van der Waals surface area contributed by atoms with Crippen LogP contribution in [-0.2, 0) is 4.74 Å². The smallest absolute Gasteiger partial charge is 0.191 e. The van der Waals surface area contributed by atoms with Gasteiger partial charge in [-0.1, -0.05) is 25.7 Å². The zero-order valence-corrected chi connectivity index (χ0v) is 14.0. The minimum absolute atomic E-state index is 0. The van der Waals surface area contributed by atoms with E-state index in [-0.39, 0.29) is 24.0 Å². The largest absolute Gasteiger partial charge is 0.383 e. The van der Waals surface area contributed by atoms with Gasteiger partial charge in [-0.15, -0.1) is 24.0 Å². The van der Waals surface area contributed by atoms with Crippen molar-refractivity contribution in [3.05, 3.63) is 0 Å². The van der Waals surface area contributed by atoms with Gasteiger partial charge in [0.1, 0.15) is 0 Å². The lowest BCUT2D eigenvalue weighted by Gasteiger charge is -2.12. The van der Waals surface area contributed by atoms with Gasteiger partial charge in [-0.05, 0) is 18.8 Å². The number of rotatable bonds is 7. The Hall–Kier alpha value is -0.0400. The molecule has 1 saturated carbocycles. The number of hydrogen-bond acceptors (Lipinski definition) is 2. The van der Waals surface area contributed by atoms with Gasteiger partial charge in [-0.2, -0.15) is 0 Å². The maximum absolute atomic E-state index is 4.98.